The van der Waals surface area contributed by atoms with Crippen molar-refractivity contribution in [3.63, 3.8) is 0 Å². The first-order valence-corrected chi connectivity index (χ1v) is 9.34. The van der Waals surface area contributed by atoms with Gasteiger partial charge in [0.1, 0.15) is 19.0 Å². The van der Waals surface area contributed by atoms with E-state index in [9.17, 15) is 13.6 Å². The van der Waals surface area contributed by atoms with E-state index in [1.165, 1.54) is 6.07 Å². The molecule has 0 bridgehead atoms. The minimum absolute atomic E-state index is 0. The number of benzene rings is 2. The molecule has 2 N–H and O–H groups in total. The first kappa shape index (κ1) is 23.1. The molecule has 2 aromatic carbocycles. The van der Waals surface area contributed by atoms with Gasteiger partial charge in [0.05, 0.1) is 6.61 Å². The molecule has 3 rings (SSSR count). The van der Waals surface area contributed by atoms with Crippen LogP contribution < -0.4 is 15.4 Å². The zero-order chi connectivity index (χ0) is 19.8. The molecule has 1 heterocycles. The molecule has 0 radical (unpaired) electrons. The van der Waals surface area contributed by atoms with E-state index < -0.39 is 11.6 Å². The van der Waals surface area contributed by atoms with Crippen LogP contribution in [-0.4, -0.2) is 44.9 Å². The van der Waals surface area contributed by atoms with Crippen molar-refractivity contribution in [3.05, 3.63) is 65.7 Å². The van der Waals surface area contributed by atoms with Gasteiger partial charge in [-0.3, -0.25) is 4.79 Å². The molecule has 8 heteroatoms. The van der Waals surface area contributed by atoms with Gasteiger partial charge in [-0.1, -0.05) is 24.3 Å². The summed E-state index contributed by atoms with van der Waals surface area (Å²) >= 11 is 0. The molecule has 0 aliphatic carbocycles. The van der Waals surface area contributed by atoms with Gasteiger partial charge in [0.25, 0.3) is 0 Å². The van der Waals surface area contributed by atoms with Gasteiger partial charge in [0.15, 0.2) is 11.6 Å². The SMILES string of the molecule is Cl.O=C(COCCOc1ccccc1)NC1CNCCC1c1ccc(F)c(F)c1. The highest BCUT2D eigenvalue weighted by molar-refractivity contribution is 5.85. The lowest BCUT2D eigenvalue weighted by Crippen LogP contribution is -2.50. The molecule has 2 unspecified atom stereocenters. The van der Waals surface area contributed by atoms with Crippen molar-refractivity contribution in [1.82, 2.24) is 10.6 Å². The van der Waals surface area contributed by atoms with E-state index in [0.29, 0.717) is 18.7 Å². The van der Waals surface area contributed by atoms with E-state index in [0.717, 1.165) is 24.8 Å². The van der Waals surface area contributed by atoms with Crippen molar-refractivity contribution in [2.24, 2.45) is 0 Å². The molecule has 2 aromatic rings. The van der Waals surface area contributed by atoms with E-state index in [1.807, 2.05) is 30.3 Å². The molecule has 1 saturated heterocycles. The summed E-state index contributed by atoms with van der Waals surface area (Å²) in [7, 11) is 0. The fraction of sp³-hybridized carbons (Fsp3) is 0.381. The first-order valence-electron chi connectivity index (χ1n) is 9.34. The number of rotatable bonds is 8. The van der Waals surface area contributed by atoms with Crippen LogP contribution in [0.1, 0.15) is 17.9 Å². The number of nitrogens with one attached hydrogen (secondary N) is 2. The minimum Gasteiger partial charge on any atom is -0.491 e. The molecule has 0 saturated carbocycles. The number of piperidine rings is 1. The number of hydrogen-bond acceptors (Lipinski definition) is 4. The molecule has 0 aromatic heterocycles. The second kappa shape index (κ2) is 11.7. The lowest BCUT2D eigenvalue weighted by Gasteiger charge is -2.33. The summed E-state index contributed by atoms with van der Waals surface area (Å²) in [5.41, 5.74) is 0.683. The normalized spacial score (nSPS) is 18.6. The molecular weight excluding hydrogens is 402 g/mol. The largest absolute Gasteiger partial charge is 0.491 e. The van der Waals surface area contributed by atoms with E-state index in [-0.39, 0.29) is 43.5 Å². The second-order valence-corrected chi connectivity index (χ2v) is 6.66. The number of carbonyl (C=O) groups is 1. The Morgan fingerprint density at radius 2 is 1.90 bits per heavy atom. The van der Waals surface area contributed by atoms with Crippen LogP contribution in [0.15, 0.2) is 48.5 Å². The Bertz CT molecular complexity index is 780. The van der Waals surface area contributed by atoms with E-state index >= 15 is 0 Å². The maximum Gasteiger partial charge on any atom is 0.246 e. The summed E-state index contributed by atoms with van der Waals surface area (Å²) < 4.78 is 37.6. The predicted octanol–water partition coefficient (Wildman–Crippen LogP) is 3.04. The van der Waals surface area contributed by atoms with Crippen molar-refractivity contribution < 1.29 is 23.0 Å². The standard InChI is InChI=1S/C21H24F2N2O3.ClH/c22-18-7-6-15(12-19(18)23)17-8-9-24-13-20(17)25-21(26)14-27-10-11-28-16-4-2-1-3-5-16;/h1-7,12,17,20,24H,8-11,13-14H2,(H,25,26);1H. The molecule has 1 amide bonds. The molecule has 1 aliphatic rings. The lowest BCUT2D eigenvalue weighted by atomic mass is 9.86. The summed E-state index contributed by atoms with van der Waals surface area (Å²) in [6, 6.07) is 13.1. The topological polar surface area (TPSA) is 59.6 Å². The minimum atomic E-state index is -0.872. The Kier molecular flexibility index (Phi) is 9.31. The quantitative estimate of drug-likeness (QED) is 0.637. The third kappa shape index (κ3) is 6.96. The molecule has 1 fully saturated rings. The third-order valence-corrected chi connectivity index (χ3v) is 4.67. The Labute approximate surface area is 175 Å². The van der Waals surface area contributed by atoms with E-state index in [1.54, 1.807) is 6.07 Å². The van der Waals surface area contributed by atoms with Crippen molar-refractivity contribution in [2.75, 3.05) is 32.9 Å². The fourth-order valence-corrected chi connectivity index (χ4v) is 3.30. The first-order chi connectivity index (χ1) is 13.6. The number of hydrogen-bond donors (Lipinski definition) is 2. The average Bonchev–Trinajstić information content (AvgIpc) is 2.71. The maximum atomic E-state index is 13.6. The summed E-state index contributed by atoms with van der Waals surface area (Å²) in [6.45, 7) is 1.87. The molecular formula is C21H25ClF2N2O3. The van der Waals surface area contributed by atoms with Gasteiger partial charge in [-0.2, -0.15) is 0 Å². The van der Waals surface area contributed by atoms with Crippen molar-refractivity contribution in [1.29, 1.82) is 0 Å². The number of carbonyl (C=O) groups excluding carboxylic acids is 1. The summed E-state index contributed by atoms with van der Waals surface area (Å²) in [5, 5.41) is 6.14. The average molecular weight is 427 g/mol. The summed E-state index contributed by atoms with van der Waals surface area (Å²) in [4.78, 5) is 12.2. The Morgan fingerprint density at radius 3 is 2.66 bits per heavy atom. The zero-order valence-corrected chi connectivity index (χ0v) is 16.7. The highest BCUT2D eigenvalue weighted by Gasteiger charge is 2.28. The van der Waals surface area contributed by atoms with E-state index in [4.69, 9.17) is 9.47 Å². The molecule has 0 spiro atoms. The Hall–Kier alpha value is -2.22. The third-order valence-electron chi connectivity index (χ3n) is 4.67. The van der Waals surface area contributed by atoms with Gasteiger partial charge in [-0.15, -0.1) is 12.4 Å². The number of ether oxygens (including phenoxy) is 2. The molecule has 158 valence electrons. The van der Waals surface area contributed by atoms with Gasteiger partial charge in [-0.25, -0.2) is 8.78 Å². The predicted molar refractivity (Wildman–Crippen MR) is 109 cm³/mol. The van der Waals surface area contributed by atoms with Gasteiger partial charge >= 0.3 is 0 Å². The number of para-hydroxylation sites is 1. The summed E-state index contributed by atoms with van der Waals surface area (Å²) in [6.07, 6.45) is 0.724. The molecule has 5 nitrogen and oxygen atoms in total. The van der Waals surface area contributed by atoms with Gasteiger partial charge in [-0.05, 0) is 42.8 Å². The van der Waals surface area contributed by atoms with Crippen LogP contribution in [0.3, 0.4) is 0 Å². The number of amides is 1. The highest BCUT2D eigenvalue weighted by Crippen LogP contribution is 2.27. The second-order valence-electron chi connectivity index (χ2n) is 6.66. The van der Waals surface area contributed by atoms with Crippen LogP contribution in [0.4, 0.5) is 8.78 Å². The van der Waals surface area contributed by atoms with Gasteiger partial charge in [0, 0.05) is 18.5 Å². The summed E-state index contributed by atoms with van der Waals surface area (Å²) in [5.74, 6) is -1.33. The van der Waals surface area contributed by atoms with Crippen LogP contribution in [0.5, 0.6) is 5.75 Å². The van der Waals surface area contributed by atoms with Crippen LogP contribution in [0, 0.1) is 11.6 Å². The van der Waals surface area contributed by atoms with Crippen molar-refractivity contribution >= 4 is 18.3 Å². The lowest BCUT2D eigenvalue weighted by molar-refractivity contribution is -0.126. The van der Waals surface area contributed by atoms with Crippen LogP contribution >= 0.6 is 12.4 Å². The monoisotopic (exact) mass is 426 g/mol. The smallest absolute Gasteiger partial charge is 0.246 e. The molecule has 1 aliphatic heterocycles. The van der Waals surface area contributed by atoms with E-state index in [2.05, 4.69) is 10.6 Å². The Balaban J connectivity index is 0.00000300. The van der Waals surface area contributed by atoms with Crippen molar-refractivity contribution in [3.8, 4) is 5.75 Å². The van der Waals surface area contributed by atoms with Crippen LogP contribution in [0.2, 0.25) is 0 Å². The molecule has 2 atom stereocenters. The van der Waals surface area contributed by atoms with Gasteiger partial charge < -0.3 is 20.1 Å². The Morgan fingerprint density at radius 1 is 1.10 bits per heavy atom. The fourth-order valence-electron chi connectivity index (χ4n) is 3.30. The number of halogens is 3. The zero-order valence-electron chi connectivity index (χ0n) is 15.9. The maximum absolute atomic E-state index is 13.6. The van der Waals surface area contributed by atoms with Crippen LogP contribution in [0.25, 0.3) is 0 Å². The highest BCUT2D eigenvalue weighted by atomic mass is 35.5. The molecule has 29 heavy (non-hydrogen) atoms. The van der Waals surface area contributed by atoms with Gasteiger partial charge in [0.2, 0.25) is 5.91 Å². The van der Waals surface area contributed by atoms with Crippen LogP contribution in [-0.2, 0) is 9.53 Å². The van der Waals surface area contributed by atoms with Crippen molar-refractivity contribution in [2.45, 2.75) is 18.4 Å².